The molecule has 3 aromatic carbocycles. The second kappa shape index (κ2) is 8.53. The topological polar surface area (TPSA) is 76.2 Å². The number of H-pyrrole nitrogens is 1. The van der Waals surface area contributed by atoms with E-state index in [4.69, 9.17) is 9.47 Å². The molecule has 6 nitrogen and oxygen atoms in total. The summed E-state index contributed by atoms with van der Waals surface area (Å²) in [6, 6.07) is 24.5. The number of carbonyl (C=O) groups is 1. The van der Waals surface area contributed by atoms with Gasteiger partial charge in [0.2, 0.25) is 0 Å². The Balaban J connectivity index is 1.74. The van der Waals surface area contributed by atoms with Crippen LogP contribution in [0, 0.1) is 0 Å². The van der Waals surface area contributed by atoms with E-state index in [1.54, 1.807) is 14.2 Å². The summed E-state index contributed by atoms with van der Waals surface area (Å²) in [7, 11) is 3.25. The van der Waals surface area contributed by atoms with Gasteiger partial charge in [0.25, 0.3) is 5.91 Å². The predicted molar refractivity (Wildman–Crippen MR) is 117 cm³/mol. The van der Waals surface area contributed by atoms with Crippen LogP contribution in [-0.2, 0) is 0 Å². The number of aromatic amines is 1. The molecule has 0 bridgehead atoms. The van der Waals surface area contributed by atoms with Crippen LogP contribution in [-0.4, -0.2) is 30.1 Å². The summed E-state index contributed by atoms with van der Waals surface area (Å²) in [5.74, 6) is 1.43. The van der Waals surface area contributed by atoms with Gasteiger partial charge in [-0.1, -0.05) is 18.2 Å². The number of carbonyl (C=O) groups excluding carboxylic acids is 1. The molecule has 30 heavy (non-hydrogen) atoms. The van der Waals surface area contributed by atoms with Gasteiger partial charge in [0, 0.05) is 16.8 Å². The fourth-order valence-electron chi connectivity index (χ4n) is 3.12. The normalized spacial score (nSPS) is 10.5. The van der Waals surface area contributed by atoms with Crippen LogP contribution in [0.15, 0.2) is 78.9 Å². The first-order valence-electron chi connectivity index (χ1n) is 9.43. The van der Waals surface area contributed by atoms with Gasteiger partial charge in [0.15, 0.2) is 5.82 Å². The van der Waals surface area contributed by atoms with E-state index in [0.717, 1.165) is 28.3 Å². The summed E-state index contributed by atoms with van der Waals surface area (Å²) in [4.78, 5) is 20.6. The third-order valence-electron chi connectivity index (χ3n) is 4.69. The molecule has 1 heterocycles. The van der Waals surface area contributed by atoms with Crippen LogP contribution in [0.25, 0.3) is 22.5 Å². The van der Waals surface area contributed by atoms with E-state index in [9.17, 15) is 4.79 Å². The fraction of sp³-hybridized carbons (Fsp3) is 0.0833. The molecule has 0 unspecified atom stereocenters. The van der Waals surface area contributed by atoms with E-state index in [-0.39, 0.29) is 11.7 Å². The van der Waals surface area contributed by atoms with Crippen molar-refractivity contribution < 1.29 is 14.3 Å². The van der Waals surface area contributed by atoms with E-state index >= 15 is 0 Å². The molecule has 1 aromatic heterocycles. The number of hydrogen-bond acceptors (Lipinski definition) is 4. The Bertz CT molecular complexity index is 1070. The lowest BCUT2D eigenvalue weighted by molar-refractivity contribution is 0.101. The minimum Gasteiger partial charge on any atom is -0.497 e. The van der Waals surface area contributed by atoms with Crippen molar-refractivity contribution in [2.45, 2.75) is 0 Å². The molecule has 0 radical (unpaired) electrons. The molecule has 4 rings (SSSR count). The molecule has 1 amide bonds. The van der Waals surface area contributed by atoms with Crippen LogP contribution >= 0.6 is 0 Å². The Morgan fingerprint density at radius 2 is 1.37 bits per heavy atom. The van der Waals surface area contributed by atoms with Crippen molar-refractivity contribution >= 4 is 11.6 Å². The van der Waals surface area contributed by atoms with E-state index in [1.165, 1.54) is 0 Å². The third-order valence-corrected chi connectivity index (χ3v) is 4.69. The Hall–Kier alpha value is -4.06. The largest absolute Gasteiger partial charge is 0.497 e. The fourth-order valence-corrected chi connectivity index (χ4v) is 3.12. The lowest BCUT2D eigenvalue weighted by atomic mass is 10.0. The van der Waals surface area contributed by atoms with Gasteiger partial charge >= 0.3 is 0 Å². The van der Waals surface area contributed by atoms with Crippen molar-refractivity contribution in [2.75, 3.05) is 19.5 Å². The molecule has 0 atom stereocenters. The first kappa shape index (κ1) is 19.3. The zero-order valence-electron chi connectivity index (χ0n) is 16.7. The highest BCUT2D eigenvalue weighted by molar-refractivity contribution is 6.03. The molecular weight excluding hydrogens is 378 g/mol. The van der Waals surface area contributed by atoms with E-state index in [2.05, 4.69) is 15.3 Å². The average Bonchev–Trinajstić information content (AvgIpc) is 3.25. The van der Waals surface area contributed by atoms with Crippen molar-refractivity contribution in [3.8, 4) is 34.0 Å². The quantitative estimate of drug-likeness (QED) is 0.478. The summed E-state index contributed by atoms with van der Waals surface area (Å²) >= 11 is 0. The van der Waals surface area contributed by atoms with Gasteiger partial charge in [-0.3, -0.25) is 4.79 Å². The number of amides is 1. The summed E-state index contributed by atoms with van der Waals surface area (Å²) in [5, 5.41) is 2.87. The maximum Gasteiger partial charge on any atom is 0.291 e. The van der Waals surface area contributed by atoms with Crippen molar-refractivity contribution in [3.05, 3.63) is 84.7 Å². The number of hydrogen-bond donors (Lipinski definition) is 2. The van der Waals surface area contributed by atoms with Gasteiger partial charge in [-0.05, 0) is 60.7 Å². The summed E-state index contributed by atoms with van der Waals surface area (Å²) in [6.45, 7) is 0. The van der Waals surface area contributed by atoms with Gasteiger partial charge in [-0.2, -0.15) is 0 Å². The number of nitrogens with one attached hydrogen (secondary N) is 2. The SMILES string of the molecule is COc1ccc(-c2nc(C(=O)Nc3ccccc3)[nH]c2-c2ccc(OC)cc2)cc1. The van der Waals surface area contributed by atoms with Crippen LogP contribution in [0.5, 0.6) is 11.5 Å². The van der Waals surface area contributed by atoms with Crippen molar-refractivity contribution in [1.82, 2.24) is 9.97 Å². The van der Waals surface area contributed by atoms with Gasteiger partial charge in [-0.25, -0.2) is 4.98 Å². The minimum absolute atomic E-state index is 0.232. The Labute approximate surface area is 174 Å². The summed E-state index contributed by atoms with van der Waals surface area (Å²) in [6.07, 6.45) is 0. The van der Waals surface area contributed by atoms with Gasteiger partial charge in [-0.15, -0.1) is 0 Å². The number of para-hydroxylation sites is 1. The van der Waals surface area contributed by atoms with Crippen molar-refractivity contribution in [3.63, 3.8) is 0 Å². The number of nitrogens with zero attached hydrogens (tertiary/aromatic N) is 1. The number of ether oxygens (including phenoxy) is 2. The molecule has 4 aromatic rings. The lowest BCUT2D eigenvalue weighted by Crippen LogP contribution is -2.13. The molecule has 0 aliphatic rings. The molecular formula is C24H21N3O3. The van der Waals surface area contributed by atoms with Crippen LogP contribution in [0.2, 0.25) is 0 Å². The number of rotatable bonds is 6. The molecule has 150 valence electrons. The van der Waals surface area contributed by atoms with E-state index < -0.39 is 0 Å². The molecule has 0 saturated carbocycles. The summed E-state index contributed by atoms with van der Waals surface area (Å²) < 4.78 is 10.5. The monoisotopic (exact) mass is 399 g/mol. The highest BCUT2D eigenvalue weighted by atomic mass is 16.5. The highest BCUT2D eigenvalue weighted by Crippen LogP contribution is 2.32. The number of imidazole rings is 1. The maximum atomic E-state index is 12.8. The number of anilines is 1. The Morgan fingerprint density at radius 1 is 0.800 bits per heavy atom. The van der Waals surface area contributed by atoms with E-state index in [0.29, 0.717) is 11.4 Å². The zero-order chi connectivity index (χ0) is 20.9. The first-order chi connectivity index (χ1) is 14.7. The van der Waals surface area contributed by atoms with Crippen LogP contribution in [0.3, 0.4) is 0 Å². The zero-order valence-corrected chi connectivity index (χ0v) is 16.7. The number of benzene rings is 3. The smallest absolute Gasteiger partial charge is 0.291 e. The molecule has 0 aliphatic carbocycles. The Kier molecular flexibility index (Phi) is 5.48. The van der Waals surface area contributed by atoms with Gasteiger partial charge < -0.3 is 19.8 Å². The molecule has 0 saturated heterocycles. The van der Waals surface area contributed by atoms with Crippen molar-refractivity contribution in [1.29, 1.82) is 0 Å². The van der Waals surface area contributed by atoms with Crippen LogP contribution < -0.4 is 14.8 Å². The minimum atomic E-state index is -0.310. The van der Waals surface area contributed by atoms with Crippen LogP contribution in [0.4, 0.5) is 5.69 Å². The molecule has 6 heteroatoms. The highest BCUT2D eigenvalue weighted by Gasteiger charge is 2.19. The second-order valence-electron chi connectivity index (χ2n) is 6.59. The van der Waals surface area contributed by atoms with E-state index in [1.807, 2.05) is 78.9 Å². The van der Waals surface area contributed by atoms with Crippen LogP contribution in [0.1, 0.15) is 10.6 Å². The standard InChI is InChI=1S/C24H21N3O3/c1-29-19-12-8-16(9-13-19)21-22(17-10-14-20(30-2)15-11-17)27-23(26-21)24(28)25-18-6-4-3-5-7-18/h3-15H,1-2H3,(H,25,28)(H,26,27). The maximum absolute atomic E-state index is 12.8. The Morgan fingerprint density at radius 3 is 1.93 bits per heavy atom. The average molecular weight is 399 g/mol. The molecule has 0 spiro atoms. The molecule has 2 N–H and O–H groups in total. The number of methoxy groups -OCH3 is 2. The predicted octanol–water partition coefficient (Wildman–Crippen LogP) is 5.01. The van der Waals surface area contributed by atoms with Crippen molar-refractivity contribution in [2.24, 2.45) is 0 Å². The third kappa shape index (κ3) is 4.03. The van der Waals surface area contributed by atoms with Gasteiger partial charge in [0.05, 0.1) is 25.6 Å². The number of aromatic nitrogens is 2. The first-order valence-corrected chi connectivity index (χ1v) is 9.43. The van der Waals surface area contributed by atoms with Gasteiger partial charge in [0.1, 0.15) is 11.5 Å². The lowest BCUT2D eigenvalue weighted by Gasteiger charge is -2.06. The summed E-state index contributed by atoms with van der Waals surface area (Å²) in [5.41, 5.74) is 3.91. The second-order valence-corrected chi connectivity index (χ2v) is 6.59. The molecule has 0 aliphatic heterocycles. The molecule has 0 fully saturated rings.